The maximum Gasteiger partial charge on any atom is 0.410 e. The SMILES string of the molecule is COC(=O)C=Cc1ccc2c(c1)C(=O)NC1(CCCN(C(=O)OC(C)(C)C)C1)O2. The van der Waals surface area contributed by atoms with Crippen LogP contribution in [-0.2, 0) is 14.3 Å². The molecule has 1 unspecified atom stereocenters. The molecule has 0 saturated carbocycles. The van der Waals surface area contributed by atoms with Gasteiger partial charge in [-0.25, -0.2) is 9.59 Å². The molecule has 2 aliphatic rings. The second-order valence-electron chi connectivity index (χ2n) is 8.17. The number of methoxy groups -OCH3 is 1. The quantitative estimate of drug-likeness (QED) is 0.604. The Balaban J connectivity index is 1.78. The van der Waals surface area contributed by atoms with Crippen molar-refractivity contribution in [3.63, 3.8) is 0 Å². The number of carbonyl (C=O) groups is 3. The molecule has 2 amide bonds. The van der Waals surface area contributed by atoms with Crippen LogP contribution in [0.2, 0.25) is 0 Å². The van der Waals surface area contributed by atoms with Crippen molar-refractivity contribution in [1.29, 1.82) is 0 Å². The molecule has 1 spiro atoms. The van der Waals surface area contributed by atoms with Crippen LogP contribution in [-0.4, -0.2) is 54.4 Å². The van der Waals surface area contributed by atoms with Crippen LogP contribution < -0.4 is 10.1 Å². The zero-order chi connectivity index (χ0) is 21.2. The Bertz CT molecular complexity index is 857. The number of fused-ring (bicyclic) bond motifs is 1. The first-order chi connectivity index (χ1) is 13.6. The van der Waals surface area contributed by atoms with Crippen molar-refractivity contribution in [2.45, 2.75) is 44.9 Å². The number of rotatable bonds is 2. The van der Waals surface area contributed by atoms with Crippen LogP contribution in [0.4, 0.5) is 4.79 Å². The number of amides is 2. The van der Waals surface area contributed by atoms with Crippen molar-refractivity contribution >= 4 is 24.0 Å². The minimum absolute atomic E-state index is 0.205. The Labute approximate surface area is 169 Å². The third-order valence-corrected chi connectivity index (χ3v) is 4.61. The predicted octanol–water partition coefficient (Wildman–Crippen LogP) is 2.72. The second-order valence-corrected chi connectivity index (χ2v) is 8.17. The fourth-order valence-corrected chi connectivity index (χ4v) is 3.35. The van der Waals surface area contributed by atoms with E-state index in [4.69, 9.17) is 9.47 Å². The van der Waals surface area contributed by atoms with Gasteiger partial charge in [0.25, 0.3) is 5.91 Å². The summed E-state index contributed by atoms with van der Waals surface area (Å²) in [6.07, 6.45) is 3.68. The zero-order valence-corrected chi connectivity index (χ0v) is 17.1. The number of likely N-dealkylation sites (tertiary alicyclic amines) is 1. The number of piperidine rings is 1. The van der Waals surface area contributed by atoms with E-state index in [1.165, 1.54) is 13.2 Å². The van der Waals surface area contributed by atoms with E-state index < -0.39 is 23.4 Å². The molecule has 156 valence electrons. The Morgan fingerprint density at radius 2 is 2.07 bits per heavy atom. The topological polar surface area (TPSA) is 94.2 Å². The summed E-state index contributed by atoms with van der Waals surface area (Å²) in [5.74, 6) is -0.326. The fraction of sp³-hybridized carbons (Fsp3) is 0.476. The Hall–Kier alpha value is -3.03. The molecule has 1 aromatic carbocycles. The molecule has 8 nitrogen and oxygen atoms in total. The molecule has 2 aliphatic heterocycles. The van der Waals surface area contributed by atoms with E-state index in [0.29, 0.717) is 36.3 Å². The van der Waals surface area contributed by atoms with E-state index in [2.05, 4.69) is 10.1 Å². The van der Waals surface area contributed by atoms with Gasteiger partial charge in [-0.1, -0.05) is 6.07 Å². The van der Waals surface area contributed by atoms with Crippen molar-refractivity contribution in [2.24, 2.45) is 0 Å². The lowest BCUT2D eigenvalue weighted by Crippen LogP contribution is -2.65. The second kappa shape index (κ2) is 7.77. The average molecular weight is 402 g/mol. The van der Waals surface area contributed by atoms with Gasteiger partial charge in [0.15, 0.2) is 0 Å². The molecule has 1 saturated heterocycles. The summed E-state index contributed by atoms with van der Waals surface area (Å²) >= 11 is 0. The van der Waals surface area contributed by atoms with E-state index >= 15 is 0 Å². The van der Waals surface area contributed by atoms with Crippen LogP contribution in [0, 0.1) is 0 Å². The summed E-state index contributed by atoms with van der Waals surface area (Å²) in [4.78, 5) is 38.0. The number of hydrogen-bond donors (Lipinski definition) is 1. The third-order valence-electron chi connectivity index (χ3n) is 4.61. The summed E-state index contributed by atoms with van der Waals surface area (Å²) in [6.45, 7) is 6.18. The molecular weight excluding hydrogens is 376 g/mol. The van der Waals surface area contributed by atoms with Crippen molar-refractivity contribution in [3.05, 3.63) is 35.4 Å². The van der Waals surface area contributed by atoms with Crippen molar-refractivity contribution in [2.75, 3.05) is 20.2 Å². The van der Waals surface area contributed by atoms with Crippen LogP contribution in [0.3, 0.4) is 0 Å². The lowest BCUT2D eigenvalue weighted by molar-refractivity contribution is -0.134. The third kappa shape index (κ3) is 4.88. The van der Waals surface area contributed by atoms with Crippen LogP contribution in [0.5, 0.6) is 5.75 Å². The lowest BCUT2D eigenvalue weighted by atomic mass is 9.97. The molecule has 3 rings (SSSR count). The summed E-state index contributed by atoms with van der Waals surface area (Å²) in [5.41, 5.74) is -0.540. The van der Waals surface area contributed by atoms with Gasteiger partial charge >= 0.3 is 12.1 Å². The Morgan fingerprint density at radius 3 is 2.76 bits per heavy atom. The molecule has 0 aromatic heterocycles. The summed E-state index contributed by atoms with van der Waals surface area (Å²) < 4.78 is 16.2. The van der Waals surface area contributed by atoms with Gasteiger partial charge in [0, 0.05) is 19.0 Å². The standard InChI is InChI=1S/C21H26N2O6/c1-20(2,3)29-19(26)23-11-5-10-21(13-23)22-18(25)15-12-14(6-8-16(15)28-21)7-9-17(24)27-4/h6-9,12H,5,10-11,13H2,1-4H3,(H,22,25). The normalized spacial score (nSPS) is 21.4. The Kier molecular flexibility index (Phi) is 5.55. The first-order valence-electron chi connectivity index (χ1n) is 9.50. The van der Waals surface area contributed by atoms with Crippen molar-refractivity contribution in [1.82, 2.24) is 10.2 Å². The molecule has 0 bridgehead atoms. The smallest absolute Gasteiger partial charge is 0.410 e. The number of carbonyl (C=O) groups excluding carboxylic acids is 3. The van der Waals surface area contributed by atoms with E-state index in [-0.39, 0.29) is 12.5 Å². The highest BCUT2D eigenvalue weighted by Crippen LogP contribution is 2.34. The van der Waals surface area contributed by atoms with E-state index in [9.17, 15) is 14.4 Å². The zero-order valence-electron chi connectivity index (χ0n) is 17.1. The minimum atomic E-state index is -0.984. The van der Waals surface area contributed by atoms with Crippen LogP contribution in [0.25, 0.3) is 6.08 Å². The van der Waals surface area contributed by atoms with Crippen LogP contribution >= 0.6 is 0 Å². The minimum Gasteiger partial charge on any atom is -0.466 e. The maximum atomic E-state index is 12.8. The molecule has 0 aliphatic carbocycles. The highest BCUT2D eigenvalue weighted by Gasteiger charge is 2.45. The molecule has 1 atom stereocenters. The van der Waals surface area contributed by atoms with E-state index in [1.54, 1.807) is 29.2 Å². The number of nitrogens with zero attached hydrogens (tertiary/aromatic N) is 1. The first kappa shape index (κ1) is 20.7. The predicted molar refractivity (Wildman–Crippen MR) is 105 cm³/mol. The lowest BCUT2D eigenvalue weighted by Gasteiger charge is -2.45. The number of benzene rings is 1. The van der Waals surface area contributed by atoms with Gasteiger partial charge in [0.05, 0.1) is 19.2 Å². The van der Waals surface area contributed by atoms with Crippen molar-refractivity contribution in [3.8, 4) is 5.75 Å². The Morgan fingerprint density at radius 1 is 1.31 bits per heavy atom. The molecule has 1 fully saturated rings. The number of ether oxygens (including phenoxy) is 3. The average Bonchev–Trinajstić information content (AvgIpc) is 2.65. The summed E-state index contributed by atoms with van der Waals surface area (Å²) in [7, 11) is 1.30. The maximum absolute atomic E-state index is 12.8. The first-order valence-corrected chi connectivity index (χ1v) is 9.50. The summed E-state index contributed by atoms with van der Waals surface area (Å²) in [5, 5.41) is 2.91. The number of esters is 1. The van der Waals surface area contributed by atoms with Gasteiger partial charge in [0.2, 0.25) is 5.72 Å². The van der Waals surface area contributed by atoms with Crippen molar-refractivity contribution < 1.29 is 28.6 Å². The fourth-order valence-electron chi connectivity index (χ4n) is 3.35. The van der Waals surface area contributed by atoms with Gasteiger partial charge in [-0.2, -0.15) is 0 Å². The number of nitrogens with one attached hydrogen (secondary N) is 1. The van der Waals surface area contributed by atoms with Gasteiger partial charge in [-0.3, -0.25) is 4.79 Å². The highest BCUT2D eigenvalue weighted by atomic mass is 16.6. The highest BCUT2D eigenvalue weighted by molar-refractivity contribution is 5.99. The molecule has 2 heterocycles. The number of hydrogen-bond acceptors (Lipinski definition) is 6. The van der Waals surface area contributed by atoms with Gasteiger partial charge in [-0.15, -0.1) is 0 Å². The largest absolute Gasteiger partial charge is 0.466 e. The summed E-state index contributed by atoms with van der Waals surface area (Å²) in [6, 6.07) is 5.09. The monoisotopic (exact) mass is 402 g/mol. The molecule has 1 N–H and O–H groups in total. The van der Waals surface area contributed by atoms with Gasteiger partial charge in [-0.05, 0) is 51.0 Å². The molecule has 1 aromatic rings. The van der Waals surface area contributed by atoms with Gasteiger partial charge < -0.3 is 24.4 Å². The van der Waals surface area contributed by atoms with E-state index in [1.807, 2.05) is 20.8 Å². The molecule has 0 radical (unpaired) electrons. The molecule has 29 heavy (non-hydrogen) atoms. The van der Waals surface area contributed by atoms with Crippen LogP contribution in [0.15, 0.2) is 24.3 Å². The molecule has 8 heteroatoms. The van der Waals surface area contributed by atoms with Gasteiger partial charge in [0.1, 0.15) is 11.4 Å². The van der Waals surface area contributed by atoms with Crippen LogP contribution in [0.1, 0.15) is 49.5 Å². The molecular formula is C21H26N2O6. The van der Waals surface area contributed by atoms with E-state index in [0.717, 1.165) is 0 Å².